The Kier molecular flexibility index (Phi) is 4.53. The van der Waals surface area contributed by atoms with E-state index in [1.165, 1.54) is 12.8 Å². The number of halogens is 2. The lowest BCUT2D eigenvalue weighted by Crippen LogP contribution is -2.49. The zero-order valence-corrected chi connectivity index (χ0v) is 13.1. The van der Waals surface area contributed by atoms with Crippen molar-refractivity contribution in [2.75, 3.05) is 26.7 Å². The van der Waals surface area contributed by atoms with E-state index in [1.807, 2.05) is 19.2 Å². The number of benzene rings is 1. The van der Waals surface area contributed by atoms with Gasteiger partial charge in [-0.3, -0.25) is 4.90 Å². The molecule has 1 saturated heterocycles. The van der Waals surface area contributed by atoms with Gasteiger partial charge in [-0.05, 0) is 43.7 Å². The molecule has 1 aliphatic carbocycles. The molecule has 1 heterocycles. The maximum atomic E-state index is 6.18. The molecule has 2 aliphatic rings. The van der Waals surface area contributed by atoms with Crippen molar-refractivity contribution in [3.05, 3.63) is 33.8 Å². The van der Waals surface area contributed by atoms with Crippen LogP contribution in [0, 0.1) is 0 Å². The standard InChI is InChI=1S/C15H20Cl2N2O/c1-18-9-14-15(10-6-11(16)8-12(17)7-10)19(4-5-20-14)13-2-3-13/h6-8,13-15,18H,2-5,9H2,1H3. The molecule has 110 valence electrons. The van der Waals surface area contributed by atoms with Crippen molar-refractivity contribution in [3.63, 3.8) is 0 Å². The number of nitrogens with one attached hydrogen (secondary N) is 1. The van der Waals surface area contributed by atoms with E-state index < -0.39 is 0 Å². The van der Waals surface area contributed by atoms with Crippen molar-refractivity contribution in [3.8, 4) is 0 Å². The summed E-state index contributed by atoms with van der Waals surface area (Å²) in [4.78, 5) is 2.56. The van der Waals surface area contributed by atoms with E-state index >= 15 is 0 Å². The minimum atomic E-state index is 0.142. The molecule has 0 spiro atoms. The molecule has 5 heteroatoms. The fourth-order valence-electron chi connectivity index (χ4n) is 3.09. The monoisotopic (exact) mass is 314 g/mol. The van der Waals surface area contributed by atoms with E-state index in [4.69, 9.17) is 27.9 Å². The second-order valence-corrected chi connectivity index (χ2v) is 6.46. The third-order valence-electron chi connectivity index (χ3n) is 4.04. The predicted molar refractivity (Wildman–Crippen MR) is 82.6 cm³/mol. The molecule has 1 aliphatic heterocycles. The number of nitrogens with zero attached hydrogens (tertiary/aromatic N) is 1. The third-order valence-corrected chi connectivity index (χ3v) is 4.47. The summed E-state index contributed by atoms with van der Waals surface area (Å²) < 4.78 is 5.98. The third kappa shape index (κ3) is 3.12. The predicted octanol–water partition coefficient (Wildman–Crippen LogP) is 3.12. The molecule has 0 radical (unpaired) electrons. The lowest BCUT2D eigenvalue weighted by atomic mass is 9.97. The number of hydrogen-bond donors (Lipinski definition) is 1. The molecule has 2 unspecified atom stereocenters. The van der Waals surface area contributed by atoms with Gasteiger partial charge in [0, 0.05) is 29.2 Å². The SMILES string of the molecule is CNCC1OCCN(C2CC2)C1c1cc(Cl)cc(Cl)c1. The number of morpholine rings is 1. The van der Waals surface area contributed by atoms with Gasteiger partial charge < -0.3 is 10.1 Å². The Morgan fingerprint density at radius 3 is 2.55 bits per heavy atom. The van der Waals surface area contributed by atoms with Crippen LogP contribution in [0.3, 0.4) is 0 Å². The Hall–Kier alpha value is -0.320. The van der Waals surface area contributed by atoms with Crippen molar-refractivity contribution in [2.24, 2.45) is 0 Å². The van der Waals surface area contributed by atoms with Gasteiger partial charge in [-0.2, -0.15) is 0 Å². The summed E-state index contributed by atoms with van der Waals surface area (Å²) in [6, 6.07) is 6.75. The van der Waals surface area contributed by atoms with Crippen LogP contribution in [0.2, 0.25) is 10.0 Å². The second-order valence-electron chi connectivity index (χ2n) is 5.58. The van der Waals surface area contributed by atoms with Gasteiger partial charge in [0.25, 0.3) is 0 Å². The molecule has 3 rings (SSSR count). The first-order valence-corrected chi connectivity index (χ1v) is 7.92. The van der Waals surface area contributed by atoms with Gasteiger partial charge in [-0.25, -0.2) is 0 Å². The van der Waals surface area contributed by atoms with Crippen LogP contribution in [-0.4, -0.2) is 43.8 Å². The molecule has 0 bridgehead atoms. The highest BCUT2D eigenvalue weighted by atomic mass is 35.5. The number of rotatable bonds is 4. The topological polar surface area (TPSA) is 24.5 Å². The van der Waals surface area contributed by atoms with E-state index in [2.05, 4.69) is 10.2 Å². The van der Waals surface area contributed by atoms with Crippen molar-refractivity contribution >= 4 is 23.2 Å². The van der Waals surface area contributed by atoms with Crippen LogP contribution in [-0.2, 0) is 4.74 Å². The van der Waals surface area contributed by atoms with Gasteiger partial charge in [-0.1, -0.05) is 23.2 Å². The Morgan fingerprint density at radius 1 is 1.25 bits per heavy atom. The normalized spacial score (nSPS) is 27.8. The van der Waals surface area contributed by atoms with Crippen LogP contribution >= 0.6 is 23.2 Å². The molecule has 1 aromatic carbocycles. The average Bonchev–Trinajstić information content (AvgIpc) is 3.22. The Labute approximate surface area is 130 Å². The van der Waals surface area contributed by atoms with Crippen LogP contribution in [0.4, 0.5) is 0 Å². The van der Waals surface area contributed by atoms with E-state index in [0.29, 0.717) is 16.1 Å². The summed E-state index contributed by atoms with van der Waals surface area (Å²) in [5.41, 5.74) is 1.16. The van der Waals surface area contributed by atoms with Crippen LogP contribution in [0.25, 0.3) is 0 Å². The number of likely N-dealkylation sites (N-methyl/N-ethyl adjacent to an activating group) is 1. The number of hydrogen-bond acceptors (Lipinski definition) is 3. The first kappa shape index (κ1) is 14.6. The molecular formula is C15H20Cl2N2O. The molecule has 0 amide bonds. The molecule has 1 N–H and O–H groups in total. The maximum Gasteiger partial charge on any atom is 0.0896 e. The molecule has 1 saturated carbocycles. The van der Waals surface area contributed by atoms with Crippen molar-refractivity contribution in [1.82, 2.24) is 10.2 Å². The summed E-state index contributed by atoms with van der Waals surface area (Å²) in [5, 5.41) is 4.61. The summed E-state index contributed by atoms with van der Waals surface area (Å²) in [6.07, 6.45) is 2.72. The Bertz CT molecular complexity index is 457. The van der Waals surface area contributed by atoms with Gasteiger partial charge in [0.2, 0.25) is 0 Å². The van der Waals surface area contributed by atoms with Gasteiger partial charge in [0.1, 0.15) is 0 Å². The quantitative estimate of drug-likeness (QED) is 0.924. The zero-order chi connectivity index (χ0) is 14.1. The second kappa shape index (κ2) is 6.20. The summed E-state index contributed by atoms with van der Waals surface area (Å²) in [7, 11) is 1.96. The molecular weight excluding hydrogens is 295 g/mol. The first-order chi connectivity index (χ1) is 9.69. The van der Waals surface area contributed by atoms with Crippen molar-refractivity contribution in [1.29, 1.82) is 0 Å². The molecule has 2 fully saturated rings. The van der Waals surface area contributed by atoms with E-state index in [1.54, 1.807) is 6.07 Å². The first-order valence-electron chi connectivity index (χ1n) is 7.17. The van der Waals surface area contributed by atoms with Gasteiger partial charge in [0.05, 0.1) is 18.8 Å². The molecule has 1 aromatic rings. The highest BCUT2D eigenvalue weighted by molar-refractivity contribution is 6.34. The van der Waals surface area contributed by atoms with Crippen molar-refractivity contribution < 1.29 is 4.74 Å². The molecule has 0 aromatic heterocycles. The van der Waals surface area contributed by atoms with Gasteiger partial charge in [0.15, 0.2) is 0 Å². The summed E-state index contributed by atoms with van der Waals surface area (Å²) in [6.45, 7) is 2.62. The molecule has 2 atom stereocenters. The van der Waals surface area contributed by atoms with Crippen molar-refractivity contribution in [2.45, 2.75) is 31.0 Å². The maximum absolute atomic E-state index is 6.18. The summed E-state index contributed by atoms with van der Waals surface area (Å²) >= 11 is 12.4. The summed E-state index contributed by atoms with van der Waals surface area (Å²) in [5.74, 6) is 0. The van der Waals surface area contributed by atoms with Gasteiger partial charge in [-0.15, -0.1) is 0 Å². The molecule has 20 heavy (non-hydrogen) atoms. The molecule has 3 nitrogen and oxygen atoms in total. The highest BCUT2D eigenvalue weighted by Gasteiger charge is 2.41. The van der Waals surface area contributed by atoms with Crippen LogP contribution < -0.4 is 5.32 Å². The lowest BCUT2D eigenvalue weighted by Gasteiger charge is -2.42. The Morgan fingerprint density at radius 2 is 1.95 bits per heavy atom. The largest absolute Gasteiger partial charge is 0.374 e. The Balaban J connectivity index is 1.93. The van der Waals surface area contributed by atoms with E-state index in [9.17, 15) is 0 Å². The minimum Gasteiger partial charge on any atom is -0.374 e. The van der Waals surface area contributed by atoms with Crippen LogP contribution in [0.5, 0.6) is 0 Å². The van der Waals surface area contributed by atoms with E-state index in [0.717, 1.165) is 25.3 Å². The minimum absolute atomic E-state index is 0.142. The fraction of sp³-hybridized carbons (Fsp3) is 0.600. The smallest absolute Gasteiger partial charge is 0.0896 e. The lowest BCUT2D eigenvalue weighted by molar-refractivity contribution is -0.0739. The zero-order valence-electron chi connectivity index (χ0n) is 11.6. The van der Waals surface area contributed by atoms with E-state index in [-0.39, 0.29) is 12.1 Å². The fourth-order valence-corrected chi connectivity index (χ4v) is 3.64. The highest BCUT2D eigenvalue weighted by Crippen LogP contribution is 2.40. The average molecular weight is 315 g/mol. The van der Waals surface area contributed by atoms with Gasteiger partial charge >= 0.3 is 0 Å². The van der Waals surface area contributed by atoms with Crippen LogP contribution in [0.15, 0.2) is 18.2 Å². The van der Waals surface area contributed by atoms with Crippen LogP contribution in [0.1, 0.15) is 24.4 Å². The number of ether oxygens (including phenoxy) is 1.